The monoisotopic (exact) mass is 418 g/mol. The van der Waals surface area contributed by atoms with Gasteiger partial charge in [0.25, 0.3) is 0 Å². The van der Waals surface area contributed by atoms with Crippen LogP contribution in [0.25, 0.3) is 0 Å². The number of amides is 2. The first-order valence-corrected chi connectivity index (χ1v) is 11.1. The zero-order chi connectivity index (χ0) is 21.6. The van der Waals surface area contributed by atoms with Crippen molar-refractivity contribution in [2.45, 2.75) is 32.7 Å². The summed E-state index contributed by atoms with van der Waals surface area (Å²) in [5.74, 6) is -0.00665. The van der Waals surface area contributed by atoms with Crippen LogP contribution in [-0.2, 0) is 16.1 Å². The zero-order valence-electron chi connectivity index (χ0n) is 18.2. The summed E-state index contributed by atoms with van der Waals surface area (Å²) in [7, 11) is 0. The molecule has 6 heteroatoms. The van der Waals surface area contributed by atoms with Crippen LogP contribution >= 0.6 is 0 Å². The van der Waals surface area contributed by atoms with Crippen LogP contribution in [-0.4, -0.2) is 65.1 Å². The van der Waals surface area contributed by atoms with Crippen LogP contribution in [0.3, 0.4) is 0 Å². The van der Waals surface area contributed by atoms with Crippen LogP contribution in [0, 0.1) is 6.92 Å². The van der Waals surface area contributed by atoms with Gasteiger partial charge in [-0.25, -0.2) is 5.01 Å². The first-order valence-electron chi connectivity index (χ1n) is 11.1. The van der Waals surface area contributed by atoms with Gasteiger partial charge in [-0.15, -0.1) is 0 Å². The standard InChI is InChI=1S/C25H30N4O2/c1-20-7-5-6-10-22(20)19-27-15-17-28(18-16-27)24(30)11-12-25(31)29-14-13-23(26-29)21-8-3-2-4-9-21/h2-10H,11-19H2,1H3. The van der Waals surface area contributed by atoms with E-state index in [0.29, 0.717) is 6.54 Å². The molecule has 2 aliphatic heterocycles. The molecule has 2 aromatic carbocycles. The van der Waals surface area contributed by atoms with Crippen LogP contribution in [0.1, 0.15) is 36.0 Å². The van der Waals surface area contributed by atoms with E-state index < -0.39 is 0 Å². The smallest absolute Gasteiger partial charge is 0.243 e. The summed E-state index contributed by atoms with van der Waals surface area (Å²) in [5, 5.41) is 6.00. The Balaban J connectivity index is 1.21. The molecule has 6 nitrogen and oxygen atoms in total. The minimum atomic E-state index is -0.0718. The Labute approximate surface area is 184 Å². The summed E-state index contributed by atoms with van der Waals surface area (Å²) in [6.07, 6.45) is 1.23. The van der Waals surface area contributed by atoms with E-state index in [2.05, 4.69) is 41.2 Å². The quantitative estimate of drug-likeness (QED) is 0.725. The molecular formula is C25H30N4O2. The summed E-state index contributed by atoms with van der Waals surface area (Å²) in [6, 6.07) is 18.4. The highest BCUT2D eigenvalue weighted by Gasteiger charge is 2.25. The number of carbonyl (C=O) groups excluding carboxylic acids is 2. The Bertz CT molecular complexity index is 949. The third-order valence-corrected chi connectivity index (χ3v) is 6.13. The third kappa shape index (κ3) is 5.39. The maximum Gasteiger partial charge on any atom is 0.243 e. The van der Waals surface area contributed by atoms with E-state index in [9.17, 15) is 9.59 Å². The lowest BCUT2D eigenvalue weighted by Gasteiger charge is -2.35. The van der Waals surface area contributed by atoms with Gasteiger partial charge in [0, 0.05) is 52.0 Å². The van der Waals surface area contributed by atoms with Crippen molar-refractivity contribution in [1.82, 2.24) is 14.8 Å². The molecule has 0 spiro atoms. The van der Waals surface area contributed by atoms with Gasteiger partial charge < -0.3 is 4.90 Å². The Morgan fingerprint density at radius 1 is 0.839 bits per heavy atom. The molecule has 0 saturated carbocycles. The average molecular weight is 419 g/mol. The highest BCUT2D eigenvalue weighted by molar-refractivity contribution is 6.02. The Morgan fingerprint density at radius 3 is 2.26 bits per heavy atom. The number of piperazine rings is 1. The Kier molecular flexibility index (Phi) is 6.77. The van der Waals surface area contributed by atoms with Gasteiger partial charge in [0.2, 0.25) is 11.8 Å². The lowest BCUT2D eigenvalue weighted by atomic mass is 10.1. The van der Waals surface area contributed by atoms with E-state index in [4.69, 9.17) is 0 Å². The van der Waals surface area contributed by atoms with Crippen LogP contribution < -0.4 is 0 Å². The van der Waals surface area contributed by atoms with E-state index in [0.717, 1.165) is 50.4 Å². The van der Waals surface area contributed by atoms with Gasteiger partial charge in [0.05, 0.1) is 12.3 Å². The number of hydrazone groups is 1. The molecular weight excluding hydrogens is 388 g/mol. The van der Waals surface area contributed by atoms with Crippen LogP contribution in [0.15, 0.2) is 59.7 Å². The summed E-state index contributed by atoms with van der Waals surface area (Å²) in [4.78, 5) is 29.4. The average Bonchev–Trinajstić information content (AvgIpc) is 3.30. The topological polar surface area (TPSA) is 56.2 Å². The molecule has 1 saturated heterocycles. The molecule has 2 amide bonds. The molecule has 162 valence electrons. The highest BCUT2D eigenvalue weighted by atomic mass is 16.2. The number of hydrogen-bond donors (Lipinski definition) is 0. The Morgan fingerprint density at radius 2 is 1.52 bits per heavy atom. The molecule has 0 N–H and O–H groups in total. The predicted molar refractivity (Wildman–Crippen MR) is 122 cm³/mol. The van der Waals surface area contributed by atoms with Crippen molar-refractivity contribution >= 4 is 17.5 Å². The maximum absolute atomic E-state index is 12.6. The van der Waals surface area contributed by atoms with Crippen molar-refractivity contribution in [3.05, 3.63) is 71.3 Å². The molecule has 2 aromatic rings. The molecule has 31 heavy (non-hydrogen) atoms. The number of carbonyl (C=O) groups is 2. The number of rotatable bonds is 6. The van der Waals surface area contributed by atoms with Crippen molar-refractivity contribution in [3.63, 3.8) is 0 Å². The van der Waals surface area contributed by atoms with Gasteiger partial charge in [-0.1, -0.05) is 54.6 Å². The van der Waals surface area contributed by atoms with Gasteiger partial charge in [-0.3, -0.25) is 14.5 Å². The van der Waals surface area contributed by atoms with Crippen molar-refractivity contribution in [3.8, 4) is 0 Å². The fourth-order valence-electron chi connectivity index (χ4n) is 4.16. The van der Waals surface area contributed by atoms with Crippen LogP contribution in [0.4, 0.5) is 0 Å². The van der Waals surface area contributed by atoms with Gasteiger partial charge in [0.1, 0.15) is 0 Å². The fraction of sp³-hybridized carbons (Fsp3) is 0.400. The van der Waals surface area contributed by atoms with E-state index in [-0.39, 0.29) is 24.7 Å². The molecule has 0 aromatic heterocycles. The molecule has 2 aliphatic rings. The molecule has 2 heterocycles. The van der Waals surface area contributed by atoms with Crippen LogP contribution in [0.2, 0.25) is 0 Å². The molecule has 0 unspecified atom stereocenters. The van der Waals surface area contributed by atoms with Crippen molar-refractivity contribution in [2.24, 2.45) is 5.10 Å². The molecule has 1 fully saturated rings. The summed E-state index contributed by atoms with van der Waals surface area (Å²) in [5.41, 5.74) is 4.64. The van der Waals surface area contributed by atoms with Crippen molar-refractivity contribution < 1.29 is 9.59 Å². The van der Waals surface area contributed by atoms with Crippen molar-refractivity contribution in [1.29, 1.82) is 0 Å². The number of benzene rings is 2. The van der Waals surface area contributed by atoms with E-state index in [1.165, 1.54) is 16.1 Å². The maximum atomic E-state index is 12.6. The van der Waals surface area contributed by atoms with Gasteiger partial charge in [-0.2, -0.15) is 5.10 Å². The lowest BCUT2D eigenvalue weighted by molar-refractivity contribution is -0.137. The molecule has 4 rings (SSSR count). The number of hydrogen-bond acceptors (Lipinski definition) is 4. The highest BCUT2D eigenvalue weighted by Crippen LogP contribution is 2.16. The summed E-state index contributed by atoms with van der Waals surface area (Å²) < 4.78 is 0. The second kappa shape index (κ2) is 9.88. The molecule has 0 bridgehead atoms. The molecule has 0 aliphatic carbocycles. The van der Waals surface area contributed by atoms with Crippen LogP contribution in [0.5, 0.6) is 0 Å². The predicted octanol–water partition coefficient (Wildman–Crippen LogP) is 3.06. The minimum absolute atomic E-state index is 0.0651. The zero-order valence-corrected chi connectivity index (χ0v) is 18.2. The number of nitrogens with zero attached hydrogens (tertiary/aromatic N) is 4. The minimum Gasteiger partial charge on any atom is -0.340 e. The van der Waals surface area contributed by atoms with E-state index >= 15 is 0 Å². The number of aryl methyl sites for hydroxylation is 1. The van der Waals surface area contributed by atoms with E-state index in [1.54, 1.807) is 0 Å². The molecule has 0 radical (unpaired) electrons. The van der Waals surface area contributed by atoms with Gasteiger partial charge >= 0.3 is 0 Å². The molecule has 0 atom stereocenters. The third-order valence-electron chi connectivity index (χ3n) is 6.13. The second-order valence-electron chi connectivity index (χ2n) is 8.26. The first-order chi connectivity index (χ1) is 15.1. The Hall–Kier alpha value is -2.99. The summed E-state index contributed by atoms with van der Waals surface area (Å²) in [6.45, 7) is 6.83. The van der Waals surface area contributed by atoms with Crippen molar-refractivity contribution in [2.75, 3.05) is 32.7 Å². The van der Waals surface area contributed by atoms with Gasteiger partial charge in [0.15, 0.2) is 0 Å². The van der Waals surface area contributed by atoms with E-state index in [1.807, 2.05) is 35.2 Å². The largest absolute Gasteiger partial charge is 0.340 e. The second-order valence-corrected chi connectivity index (χ2v) is 8.26. The fourth-order valence-corrected chi connectivity index (χ4v) is 4.16. The first kappa shape index (κ1) is 21.2. The lowest BCUT2D eigenvalue weighted by Crippen LogP contribution is -2.48. The summed E-state index contributed by atoms with van der Waals surface area (Å²) >= 11 is 0. The SMILES string of the molecule is Cc1ccccc1CN1CCN(C(=O)CCC(=O)N2CCC(c3ccccc3)=N2)CC1. The van der Waals surface area contributed by atoms with Gasteiger partial charge in [-0.05, 0) is 23.6 Å². The normalized spacial score (nSPS) is 17.0.